The van der Waals surface area contributed by atoms with Crippen molar-refractivity contribution in [2.24, 2.45) is 0 Å². The van der Waals surface area contributed by atoms with E-state index in [0.717, 1.165) is 19.4 Å². The van der Waals surface area contributed by atoms with E-state index in [1.54, 1.807) is 4.90 Å². The summed E-state index contributed by atoms with van der Waals surface area (Å²) in [5.74, 6) is -1.52. The first kappa shape index (κ1) is 14.9. The molecule has 0 saturated carbocycles. The van der Waals surface area contributed by atoms with Crippen molar-refractivity contribution >= 4 is 5.91 Å². The van der Waals surface area contributed by atoms with Gasteiger partial charge in [-0.1, -0.05) is 13.0 Å². The highest BCUT2D eigenvalue weighted by Gasteiger charge is 2.24. The van der Waals surface area contributed by atoms with Gasteiger partial charge in [0.25, 0.3) is 0 Å². The number of likely N-dealkylation sites (tertiary alicyclic amines) is 1. The SMILES string of the molecule is CCNC1CCCN(C(=O)Cc2c(F)cccc2F)C1. The van der Waals surface area contributed by atoms with Gasteiger partial charge in [0.15, 0.2) is 0 Å². The van der Waals surface area contributed by atoms with Crippen LogP contribution in [0, 0.1) is 11.6 Å². The third-order valence-corrected chi connectivity index (χ3v) is 3.66. The smallest absolute Gasteiger partial charge is 0.227 e. The Kier molecular flexibility index (Phi) is 5.06. The molecule has 3 nitrogen and oxygen atoms in total. The van der Waals surface area contributed by atoms with E-state index in [2.05, 4.69) is 5.32 Å². The minimum atomic E-state index is -0.654. The van der Waals surface area contributed by atoms with Crippen LogP contribution in [0.15, 0.2) is 18.2 Å². The van der Waals surface area contributed by atoms with E-state index < -0.39 is 11.6 Å². The Bertz CT molecular complexity index is 457. The van der Waals surface area contributed by atoms with Crippen molar-refractivity contribution in [1.29, 1.82) is 0 Å². The molecule has 1 aromatic carbocycles. The molecule has 0 radical (unpaired) electrons. The molecule has 110 valence electrons. The van der Waals surface area contributed by atoms with Crippen LogP contribution in [0.5, 0.6) is 0 Å². The van der Waals surface area contributed by atoms with E-state index in [1.807, 2.05) is 6.92 Å². The third kappa shape index (κ3) is 3.54. The molecule has 1 N–H and O–H groups in total. The Balaban J connectivity index is 2.01. The van der Waals surface area contributed by atoms with Crippen molar-refractivity contribution in [3.63, 3.8) is 0 Å². The molecule has 1 saturated heterocycles. The first-order valence-corrected chi connectivity index (χ1v) is 7.06. The van der Waals surface area contributed by atoms with Gasteiger partial charge in [-0.3, -0.25) is 4.79 Å². The fraction of sp³-hybridized carbons (Fsp3) is 0.533. The number of rotatable bonds is 4. The van der Waals surface area contributed by atoms with Gasteiger partial charge in [-0.2, -0.15) is 0 Å². The number of halogens is 2. The Morgan fingerprint density at radius 2 is 2.10 bits per heavy atom. The van der Waals surface area contributed by atoms with Gasteiger partial charge in [0.2, 0.25) is 5.91 Å². The Labute approximate surface area is 118 Å². The van der Waals surface area contributed by atoms with E-state index in [1.165, 1.54) is 18.2 Å². The molecule has 1 amide bonds. The maximum Gasteiger partial charge on any atom is 0.227 e. The number of carbonyl (C=O) groups excluding carboxylic acids is 1. The molecular formula is C15H20F2N2O. The summed E-state index contributed by atoms with van der Waals surface area (Å²) in [5, 5.41) is 3.31. The van der Waals surface area contributed by atoms with Crippen molar-refractivity contribution in [2.75, 3.05) is 19.6 Å². The largest absolute Gasteiger partial charge is 0.341 e. The van der Waals surface area contributed by atoms with Crippen LogP contribution < -0.4 is 5.32 Å². The summed E-state index contributed by atoms with van der Waals surface area (Å²) in [4.78, 5) is 13.9. The maximum absolute atomic E-state index is 13.6. The van der Waals surface area contributed by atoms with E-state index >= 15 is 0 Å². The number of piperidine rings is 1. The molecule has 1 aliphatic heterocycles. The van der Waals surface area contributed by atoms with Crippen LogP contribution >= 0.6 is 0 Å². The summed E-state index contributed by atoms with van der Waals surface area (Å²) in [7, 11) is 0. The summed E-state index contributed by atoms with van der Waals surface area (Å²) >= 11 is 0. The standard InChI is InChI=1S/C15H20F2N2O/c1-2-18-11-5-4-8-19(10-11)15(20)9-12-13(16)6-3-7-14(12)17/h3,6-7,11,18H,2,4-5,8-10H2,1H3. The number of hydrogen-bond acceptors (Lipinski definition) is 2. The normalized spacial score (nSPS) is 19.1. The fourth-order valence-electron chi connectivity index (χ4n) is 2.62. The highest BCUT2D eigenvalue weighted by molar-refractivity contribution is 5.79. The van der Waals surface area contributed by atoms with E-state index in [-0.39, 0.29) is 23.9 Å². The van der Waals surface area contributed by atoms with Crippen molar-refractivity contribution in [2.45, 2.75) is 32.2 Å². The van der Waals surface area contributed by atoms with Gasteiger partial charge >= 0.3 is 0 Å². The minimum Gasteiger partial charge on any atom is -0.341 e. The van der Waals surface area contributed by atoms with Gasteiger partial charge in [-0.05, 0) is 31.5 Å². The highest BCUT2D eigenvalue weighted by atomic mass is 19.1. The lowest BCUT2D eigenvalue weighted by Gasteiger charge is -2.33. The monoisotopic (exact) mass is 282 g/mol. The molecule has 0 aromatic heterocycles. The number of carbonyl (C=O) groups is 1. The molecule has 1 aliphatic rings. The first-order valence-electron chi connectivity index (χ1n) is 7.06. The van der Waals surface area contributed by atoms with Crippen molar-refractivity contribution in [1.82, 2.24) is 10.2 Å². The van der Waals surface area contributed by atoms with Gasteiger partial charge in [-0.25, -0.2) is 8.78 Å². The Hall–Kier alpha value is -1.49. The lowest BCUT2D eigenvalue weighted by atomic mass is 10.0. The second-order valence-corrected chi connectivity index (χ2v) is 5.11. The number of nitrogens with zero attached hydrogens (tertiary/aromatic N) is 1. The topological polar surface area (TPSA) is 32.3 Å². The second-order valence-electron chi connectivity index (χ2n) is 5.11. The van der Waals surface area contributed by atoms with Crippen LogP contribution in [0.3, 0.4) is 0 Å². The van der Waals surface area contributed by atoms with Crippen LogP contribution in [-0.4, -0.2) is 36.5 Å². The van der Waals surface area contributed by atoms with E-state index in [4.69, 9.17) is 0 Å². The fourth-order valence-corrected chi connectivity index (χ4v) is 2.62. The van der Waals surface area contributed by atoms with Crippen molar-refractivity contribution < 1.29 is 13.6 Å². The van der Waals surface area contributed by atoms with Gasteiger partial charge < -0.3 is 10.2 Å². The average Bonchev–Trinajstić information content (AvgIpc) is 2.43. The van der Waals surface area contributed by atoms with Crippen molar-refractivity contribution in [3.8, 4) is 0 Å². The zero-order valence-electron chi connectivity index (χ0n) is 11.7. The lowest BCUT2D eigenvalue weighted by Crippen LogP contribution is -2.48. The van der Waals surface area contributed by atoms with Crippen LogP contribution in [0.25, 0.3) is 0 Å². The lowest BCUT2D eigenvalue weighted by molar-refractivity contribution is -0.131. The number of likely N-dealkylation sites (N-methyl/N-ethyl adjacent to an activating group) is 1. The number of benzene rings is 1. The van der Waals surface area contributed by atoms with E-state index in [9.17, 15) is 13.6 Å². The molecule has 1 heterocycles. The Morgan fingerprint density at radius 1 is 1.40 bits per heavy atom. The molecule has 20 heavy (non-hydrogen) atoms. The zero-order valence-corrected chi connectivity index (χ0v) is 11.7. The molecule has 5 heteroatoms. The predicted octanol–water partition coefficient (Wildman–Crippen LogP) is 2.11. The maximum atomic E-state index is 13.6. The molecule has 0 bridgehead atoms. The molecule has 1 fully saturated rings. The molecular weight excluding hydrogens is 262 g/mol. The average molecular weight is 282 g/mol. The zero-order chi connectivity index (χ0) is 14.5. The molecule has 0 spiro atoms. The molecule has 1 unspecified atom stereocenters. The van der Waals surface area contributed by atoms with Crippen molar-refractivity contribution in [3.05, 3.63) is 35.4 Å². The van der Waals surface area contributed by atoms with Crippen LogP contribution in [0.2, 0.25) is 0 Å². The molecule has 2 rings (SSSR count). The van der Waals surface area contributed by atoms with E-state index in [0.29, 0.717) is 13.1 Å². The minimum absolute atomic E-state index is 0.136. The molecule has 1 aromatic rings. The Morgan fingerprint density at radius 3 is 2.75 bits per heavy atom. The third-order valence-electron chi connectivity index (χ3n) is 3.66. The number of nitrogens with one attached hydrogen (secondary N) is 1. The summed E-state index contributed by atoms with van der Waals surface area (Å²) < 4.78 is 27.1. The summed E-state index contributed by atoms with van der Waals surface area (Å²) in [6.07, 6.45) is 1.74. The van der Waals surface area contributed by atoms with Crippen LogP contribution in [0.4, 0.5) is 8.78 Å². The van der Waals surface area contributed by atoms with Gasteiger partial charge in [0.1, 0.15) is 11.6 Å². The molecule has 1 atom stereocenters. The van der Waals surface area contributed by atoms with Gasteiger partial charge in [0.05, 0.1) is 6.42 Å². The van der Waals surface area contributed by atoms with Gasteiger partial charge in [-0.15, -0.1) is 0 Å². The quantitative estimate of drug-likeness (QED) is 0.917. The summed E-state index contributed by atoms with van der Waals surface area (Å²) in [5.41, 5.74) is -0.136. The highest BCUT2D eigenvalue weighted by Crippen LogP contribution is 2.16. The second kappa shape index (κ2) is 6.79. The van der Waals surface area contributed by atoms with Crippen LogP contribution in [-0.2, 0) is 11.2 Å². The van der Waals surface area contributed by atoms with Gasteiger partial charge in [0, 0.05) is 24.7 Å². The predicted molar refractivity (Wildman–Crippen MR) is 73.3 cm³/mol. The number of hydrogen-bond donors (Lipinski definition) is 1. The number of amides is 1. The first-order chi connectivity index (χ1) is 9.61. The molecule has 0 aliphatic carbocycles. The summed E-state index contributed by atoms with van der Waals surface area (Å²) in [6.45, 7) is 4.16. The summed E-state index contributed by atoms with van der Waals surface area (Å²) in [6, 6.07) is 3.95. The van der Waals surface area contributed by atoms with Crippen LogP contribution in [0.1, 0.15) is 25.3 Å².